The Kier molecular flexibility index (Phi) is 6.44. The van der Waals surface area contributed by atoms with Gasteiger partial charge in [-0.25, -0.2) is 5.43 Å². The van der Waals surface area contributed by atoms with E-state index in [9.17, 15) is 4.79 Å². The number of hydrazone groups is 1. The summed E-state index contributed by atoms with van der Waals surface area (Å²) in [7, 11) is 0. The maximum absolute atomic E-state index is 11.7. The topological polar surface area (TPSA) is 59.9 Å². The SMILES string of the molecule is CCOc1ccc(OCC(=O)N/N=C/c2ccccc2Cl)cc1. The van der Waals surface area contributed by atoms with E-state index in [0.29, 0.717) is 17.4 Å². The van der Waals surface area contributed by atoms with Crippen LogP contribution in [0, 0.1) is 0 Å². The van der Waals surface area contributed by atoms with Gasteiger partial charge >= 0.3 is 0 Å². The highest BCUT2D eigenvalue weighted by atomic mass is 35.5. The first-order chi connectivity index (χ1) is 11.2. The van der Waals surface area contributed by atoms with E-state index in [1.165, 1.54) is 6.21 Å². The number of carbonyl (C=O) groups excluding carboxylic acids is 1. The van der Waals surface area contributed by atoms with E-state index in [2.05, 4.69) is 10.5 Å². The minimum absolute atomic E-state index is 0.131. The summed E-state index contributed by atoms with van der Waals surface area (Å²) in [6.07, 6.45) is 1.48. The molecule has 120 valence electrons. The van der Waals surface area contributed by atoms with Crippen molar-refractivity contribution in [1.82, 2.24) is 5.43 Å². The van der Waals surface area contributed by atoms with Crippen LogP contribution in [0.4, 0.5) is 0 Å². The van der Waals surface area contributed by atoms with Crippen molar-refractivity contribution in [1.29, 1.82) is 0 Å². The van der Waals surface area contributed by atoms with Crippen LogP contribution >= 0.6 is 11.6 Å². The van der Waals surface area contributed by atoms with Crippen LogP contribution < -0.4 is 14.9 Å². The zero-order valence-electron chi connectivity index (χ0n) is 12.7. The number of hydrogen-bond donors (Lipinski definition) is 1. The normalized spacial score (nSPS) is 10.5. The molecule has 1 N–H and O–H groups in total. The van der Waals surface area contributed by atoms with Gasteiger partial charge in [0.25, 0.3) is 5.91 Å². The van der Waals surface area contributed by atoms with Crippen molar-refractivity contribution in [3.63, 3.8) is 0 Å². The van der Waals surface area contributed by atoms with Gasteiger partial charge in [0, 0.05) is 10.6 Å². The summed E-state index contributed by atoms with van der Waals surface area (Å²) in [6, 6.07) is 14.3. The second-order valence-corrected chi connectivity index (χ2v) is 4.91. The molecule has 0 saturated carbocycles. The molecule has 0 aromatic heterocycles. The van der Waals surface area contributed by atoms with Crippen molar-refractivity contribution in [3.8, 4) is 11.5 Å². The molecule has 6 heteroatoms. The Morgan fingerprint density at radius 1 is 1.13 bits per heavy atom. The summed E-state index contributed by atoms with van der Waals surface area (Å²) >= 11 is 5.98. The van der Waals surface area contributed by atoms with E-state index in [1.54, 1.807) is 36.4 Å². The number of carbonyl (C=O) groups is 1. The van der Waals surface area contributed by atoms with E-state index in [1.807, 2.05) is 19.1 Å². The maximum Gasteiger partial charge on any atom is 0.277 e. The first kappa shape index (κ1) is 16.8. The van der Waals surface area contributed by atoms with E-state index >= 15 is 0 Å². The maximum atomic E-state index is 11.7. The summed E-state index contributed by atoms with van der Waals surface area (Å²) in [5.41, 5.74) is 3.11. The third-order valence-corrected chi connectivity index (χ3v) is 3.15. The third kappa shape index (κ3) is 5.64. The predicted octanol–water partition coefficient (Wildman–Crippen LogP) is 3.27. The average Bonchev–Trinajstić information content (AvgIpc) is 2.56. The van der Waals surface area contributed by atoms with Crippen LogP contribution in [0.2, 0.25) is 5.02 Å². The van der Waals surface area contributed by atoms with Crippen molar-refractivity contribution in [2.24, 2.45) is 5.10 Å². The fraction of sp³-hybridized carbons (Fsp3) is 0.176. The highest BCUT2D eigenvalue weighted by Crippen LogP contribution is 2.17. The molecule has 0 heterocycles. The van der Waals surface area contributed by atoms with Gasteiger partial charge in [-0.3, -0.25) is 4.79 Å². The van der Waals surface area contributed by atoms with Crippen molar-refractivity contribution in [3.05, 3.63) is 59.1 Å². The van der Waals surface area contributed by atoms with Crippen LogP contribution in [0.1, 0.15) is 12.5 Å². The molecule has 0 aliphatic rings. The largest absolute Gasteiger partial charge is 0.494 e. The molecule has 5 nitrogen and oxygen atoms in total. The third-order valence-electron chi connectivity index (χ3n) is 2.80. The zero-order chi connectivity index (χ0) is 16.5. The molecule has 0 spiro atoms. The van der Waals surface area contributed by atoms with Crippen LogP contribution in [0.15, 0.2) is 53.6 Å². The lowest BCUT2D eigenvalue weighted by Gasteiger charge is -2.06. The summed E-state index contributed by atoms with van der Waals surface area (Å²) in [6.45, 7) is 2.39. The van der Waals surface area contributed by atoms with Crippen molar-refractivity contribution >= 4 is 23.7 Å². The Labute approximate surface area is 139 Å². The number of halogens is 1. The standard InChI is InChI=1S/C17H17ClN2O3/c1-2-22-14-7-9-15(10-8-14)23-12-17(21)20-19-11-13-5-3-4-6-16(13)18/h3-11H,2,12H2,1H3,(H,20,21)/b19-11+. The fourth-order valence-electron chi connectivity index (χ4n) is 1.73. The van der Waals surface area contributed by atoms with Crippen LogP contribution in [0.3, 0.4) is 0 Å². The fourth-order valence-corrected chi connectivity index (χ4v) is 1.92. The second kappa shape index (κ2) is 8.80. The van der Waals surface area contributed by atoms with Gasteiger partial charge in [0.15, 0.2) is 6.61 Å². The molecule has 0 fully saturated rings. The molecular weight excluding hydrogens is 316 g/mol. The molecule has 0 atom stereocenters. The van der Waals surface area contributed by atoms with Crippen molar-refractivity contribution in [2.45, 2.75) is 6.92 Å². The number of rotatable bonds is 7. The number of amides is 1. The summed E-state index contributed by atoms with van der Waals surface area (Å²) < 4.78 is 10.7. The summed E-state index contributed by atoms with van der Waals surface area (Å²) in [4.78, 5) is 11.7. The van der Waals surface area contributed by atoms with Gasteiger partial charge in [-0.1, -0.05) is 29.8 Å². The molecule has 0 aliphatic carbocycles. The number of benzene rings is 2. The van der Waals surface area contributed by atoms with Gasteiger partial charge in [-0.2, -0.15) is 5.10 Å². The zero-order valence-corrected chi connectivity index (χ0v) is 13.4. The molecule has 0 radical (unpaired) electrons. The quantitative estimate of drug-likeness (QED) is 0.625. The highest BCUT2D eigenvalue weighted by Gasteiger charge is 2.02. The van der Waals surface area contributed by atoms with Gasteiger partial charge in [0.2, 0.25) is 0 Å². The Bertz CT molecular complexity index is 672. The van der Waals surface area contributed by atoms with Gasteiger partial charge in [0.05, 0.1) is 12.8 Å². The average molecular weight is 333 g/mol. The van der Waals surface area contributed by atoms with Gasteiger partial charge < -0.3 is 9.47 Å². The van der Waals surface area contributed by atoms with Crippen molar-refractivity contribution in [2.75, 3.05) is 13.2 Å². The lowest BCUT2D eigenvalue weighted by molar-refractivity contribution is -0.123. The van der Waals surface area contributed by atoms with Gasteiger partial charge in [-0.15, -0.1) is 0 Å². The molecule has 0 bridgehead atoms. The monoisotopic (exact) mass is 332 g/mol. The van der Waals surface area contributed by atoms with Crippen molar-refractivity contribution < 1.29 is 14.3 Å². The van der Waals surface area contributed by atoms with Crippen LogP contribution in [-0.2, 0) is 4.79 Å². The minimum atomic E-state index is -0.359. The first-order valence-electron chi connectivity index (χ1n) is 7.11. The van der Waals surface area contributed by atoms with Crippen LogP contribution in [0.5, 0.6) is 11.5 Å². The van der Waals surface area contributed by atoms with Gasteiger partial charge in [-0.05, 0) is 37.3 Å². The lowest BCUT2D eigenvalue weighted by atomic mass is 10.2. The van der Waals surface area contributed by atoms with Crippen LogP contribution in [-0.4, -0.2) is 25.3 Å². The molecule has 1 amide bonds. The number of nitrogens with zero attached hydrogens (tertiary/aromatic N) is 1. The second-order valence-electron chi connectivity index (χ2n) is 4.51. The number of nitrogens with one attached hydrogen (secondary N) is 1. The molecule has 0 unspecified atom stereocenters. The summed E-state index contributed by atoms with van der Waals surface area (Å²) in [5.74, 6) is 0.981. The lowest BCUT2D eigenvalue weighted by Crippen LogP contribution is -2.24. The van der Waals surface area contributed by atoms with E-state index in [-0.39, 0.29) is 12.5 Å². The number of ether oxygens (including phenoxy) is 2. The molecule has 0 aliphatic heterocycles. The Balaban J connectivity index is 1.78. The molecule has 2 aromatic carbocycles. The predicted molar refractivity (Wildman–Crippen MR) is 90.3 cm³/mol. The van der Waals surface area contributed by atoms with E-state index in [4.69, 9.17) is 21.1 Å². The first-order valence-corrected chi connectivity index (χ1v) is 7.49. The van der Waals surface area contributed by atoms with E-state index in [0.717, 1.165) is 11.3 Å². The Morgan fingerprint density at radius 2 is 1.78 bits per heavy atom. The molecule has 2 aromatic rings. The van der Waals surface area contributed by atoms with Crippen LogP contribution in [0.25, 0.3) is 0 Å². The molecule has 2 rings (SSSR count). The highest BCUT2D eigenvalue weighted by molar-refractivity contribution is 6.33. The smallest absolute Gasteiger partial charge is 0.277 e. The Morgan fingerprint density at radius 3 is 2.43 bits per heavy atom. The van der Waals surface area contributed by atoms with E-state index < -0.39 is 0 Å². The molecule has 0 saturated heterocycles. The molecule has 23 heavy (non-hydrogen) atoms. The Hall–Kier alpha value is -2.53. The minimum Gasteiger partial charge on any atom is -0.494 e. The van der Waals surface area contributed by atoms with Gasteiger partial charge in [0.1, 0.15) is 11.5 Å². The summed E-state index contributed by atoms with van der Waals surface area (Å²) in [5, 5.41) is 4.41. The number of hydrogen-bond acceptors (Lipinski definition) is 4. The molecular formula is C17H17ClN2O3.